The average Bonchev–Trinajstić information content (AvgIpc) is 3.76. The molecule has 4 atom stereocenters. The lowest BCUT2D eigenvalue weighted by Crippen LogP contribution is -2.55. The first kappa shape index (κ1) is 36.1. The number of nitrogens with one attached hydrogen (secondary N) is 1. The van der Waals surface area contributed by atoms with E-state index in [2.05, 4.69) is 11.4 Å². The molecule has 1 N–H and O–H groups in total. The first-order valence-electron chi connectivity index (χ1n) is 17.9. The van der Waals surface area contributed by atoms with Crippen LogP contribution in [0.1, 0.15) is 84.8 Å². The Morgan fingerprint density at radius 3 is 2.22 bits per heavy atom. The lowest BCUT2D eigenvalue weighted by atomic mass is 9.96. The number of hydrogen-bond acceptors (Lipinski definition) is 7. The van der Waals surface area contributed by atoms with E-state index in [9.17, 15) is 24.4 Å². The Balaban J connectivity index is 1.09. The molecular formula is C39H48FN5O6. The molecule has 1 saturated carbocycles. The van der Waals surface area contributed by atoms with Crippen molar-refractivity contribution in [2.45, 2.75) is 122 Å². The van der Waals surface area contributed by atoms with Crippen molar-refractivity contribution >= 4 is 29.7 Å². The third kappa shape index (κ3) is 7.82. The van der Waals surface area contributed by atoms with Crippen molar-refractivity contribution in [1.82, 2.24) is 15.1 Å². The highest BCUT2D eigenvalue weighted by molar-refractivity contribution is 6.02. The van der Waals surface area contributed by atoms with Gasteiger partial charge in [0.25, 0.3) is 0 Å². The molecule has 2 bridgehead atoms. The lowest BCUT2D eigenvalue weighted by molar-refractivity contribution is -0.128. The summed E-state index contributed by atoms with van der Waals surface area (Å²) < 4.78 is 26.6. The maximum absolute atomic E-state index is 15.5. The van der Waals surface area contributed by atoms with Crippen molar-refractivity contribution in [1.29, 1.82) is 5.26 Å². The zero-order chi connectivity index (χ0) is 36.8. The first-order valence-corrected chi connectivity index (χ1v) is 17.9. The third-order valence-corrected chi connectivity index (χ3v) is 10.2. The number of hydrogen-bond donors (Lipinski definition) is 1. The Morgan fingerprint density at radius 2 is 1.57 bits per heavy atom. The van der Waals surface area contributed by atoms with E-state index >= 15 is 4.39 Å². The number of halogens is 1. The van der Waals surface area contributed by atoms with Gasteiger partial charge in [0, 0.05) is 37.3 Å². The normalized spacial score (nSPS) is 22.4. The summed E-state index contributed by atoms with van der Waals surface area (Å²) in [6.07, 6.45) is 2.97. The Bertz CT molecular complexity index is 1750. The molecule has 1 aliphatic carbocycles. The smallest absolute Gasteiger partial charge is 0.411 e. The van der Waals surface area contributed by atoms with Crippen LogP contribution in [0.4, 0.5) is 19.7 Å². The number of carbonyl (C=O) groups excluding carboxylic acids is 4. The molecule has 11 nitrogen and oxygen atoms in total. The second-order valence-electron chi connectivity index (χ2n) is 16.2. The van der Waals surface area contributed by atoms with Gasteiger partial charge in [-0.3, -0.25) is 14.5 Å². The second-order valence-corrected chi connectivity index (χ2v) is 16.2. The number of rotatable bonds is 6. The molecule has 2 saturated heterocycles. The summed E-state index contributed by atoms with van der Waals surface area (Å²) >= 11 is 0. The number of benzene rings is 2. The van der Waals surface area contributed by atoms with E-state index in [-0.39, 0.29) is 48.4 Å². The molecule has 6 rings (SSSR count). The minimum atomic E-state index is -0.995. The minimum Gasteiger partial charge on any atom is -0.444 e. The highest BCUT2D eigenvalue weighted by Gasteiger charge is 2.52. The third-order valence-electron chi connectivity index (χ3n) is 10.2. The molecule has 2 aromatic carbocycles. The number of nitriles is 1. The quantitative estimate of drug-likeness (QED) is 0.384. The van der Waals surface area contributed by atoms with Gasteiger partial charge in [-0.2, -0.15) is 5.26 Å². The number of nitrogens with zero attached hydrogens (tertiary/aromatic N) is 4. The largest absolute Gasteiger partial charge is 0.444 e. The highest BCUT2D eigenvalue weighted by Crippen LogP contribution is 2.43. The summed E-state index contributed by atoms with van der Waals surface area (Å²) in [6.45, 7) is 11.9. The highest BCUT2D eigenvalue weighted by atomic mass is 19.1. The number of anilines is 1. The summed E-state index contributed by atoms with van der Waals surface area (Å²) in [6, 6.07) is 10.8. The molecule has 0 aromatic heterocycles. The van der Waals surface area contributed by atoms with Crippen LogP contribution in [0.2, 0.25) is 0 Å². The van der Waals surface area contributed by atoms with Crippen molar-refractivity contribution in [3.8, 4) is 17.2 Å². The van der Waals surface area contributed by atoms with Crippen molar-refractivity contribution in [2.75, 3.05) is 18.0 Å². The topological polar surface area (TPSA) is 132 Å². The lowest BCUT2D eigenvalue weighted by Gasteiger charge is -2.37. The van der Waals surface area contributed by atoms with Crippen LogP contribution in [-0.2, 0) is 31.9 Å². The standard InChI is InChI=1S/C39H48FN5O6/c1-38(2,3)50-36(48)43-15-13-29(14-16-43)44-32-12-10-23(17-27(32)21-33(44)46)24-7-8-25(31(40)20-24)18-28(22-41)42-35(47)34-26-9-11-30(19-26)45(34)37(49)51-39(4,5)6/h7-8,10,12,17,20,26,28-30,34H,9,11,13-16,18-19,21H2,1-6H3,(H,42,47)/t26-,28-,30+,34-/m0/s1. The monoisotopic (exact) mass is 701 g/mol. The Morgan fingerprint density at radius 1 is 0.922 bits per heavy atom. The Hall–Kier alpha value is -4.66. The summed E-state index contributed by atoms with van der Waals surface area (Å²) in [5.74, 6) is -0.937. The predicted molar refractivity (Wildman–Crippen MR) is 188 cm³/mol. The van der Waals surface area contributed by atoms with Gasteiger partial charge in [-0.15, -0.1) is 0 Å². The molecule has 4 amide bonds. The van der Waals surface area contributed by atoms with Gasteiger partial charge in [0.05, 0.1) is 12.5 Å². The fourth-order valence-corrected chi connectivity index (χ4v) is 7.96. The molecule has 0 radical (unpaired) electrons. The maximum atomic E-state index is 15.5. The van der Waals surface area contributed by atoms with Crippen LogP contribution in [0, 0.1) is 23.1 Å². The van der Waals surface area contributed by atoms with Gasteiger partial charge in [0.15, 0.2) is 0 Å². The average molecular weight is 702 g/mol. The van der Waals surface area contributed by atoms with Crippen LogP contribution in [-0.4, -0.2) is 82.3 Å². The summed E-state index contributed by atoms with van der Waals surface area (Å²) in [5, 5.41) is 12.7. The number of carbonyl (C=O) groups is 4. The molecule has 12 heteroatoms. The van der Waals surface area contributed by atoms with Crippen molar-refractivity contribution in [3.05, 3.63) is 53.3 Å². The van der Waals surface area contributed by atoms with E-state index in [0.717, 1.165) is 29.7 Å². The summed E-state index contributed by atoms with van der Waals surface area (Å²) in [5.41, 5.74) is 2.09. The van der Waals surface area contributed by atoms with Gasteiger partial charge in [0.1, 0.15) is 29.1 Å². The van der Waals surface area contributed by atoms with E-state index in [1.54, 1.807) is 37.8 Å². The van der Waals surface area contributed by atoms with Crippen LogP contribution in [0.15, 0.2) is 36.4 Å². The van der Waals surface area contributed by atoms with Gasteiger partial charge >= 0.3 is 12.2 Å². The molecule has 2 aromatic rings. The number of piperidine rings is 2. The van der Waals surface area contributed by atoms with Gasteiger partial charge in [-0.25, -0.2) is 14.0 Å². The number of ether oxygens (including phenoxy) is 2. The molecular weight excluding hydrogens is 653 g/mol. The molecule has 272 valence electrons. The second kappa shape index (κ2) is 13.8. The van der Waals surface area contributed by atoms with E-state index in [4.69, 9.17) is 9.47 Å². The zero-order valence-electron chi connectivity index (χ0n) is 30.3. The number of fused-ring (bicyclic) bond motifs is 3. The Labute approximate surface area is 299 Å². The SMILES string of the molecule is CC(C)(C)OC(=O)N1CCC(N2C(=O)Cc3cc(-c4ccc(C[C@@H](C#N)NC(=O)[C@@H]5[C@H]6CC[C@H](C6)N5C(=O)OC(C)(C)C)c(F)c4)ccc32)CC1. The summed E-state index contributed by atoms with van der Waals surface area (Å²) in [4.78, 5) is 57.3. The van der Waals surface area contributed by atoms with Crippen molar-refractivity contribution < 1.29 is 33.0 Å². The van der Waals surface area contributed by atoms with E-state index in [1.807, 2.05) is 43.9 Å². The van der Waals surface area contributed by atoms with Crippen LogP contribution >= 0.6 is 0 Å². The van der Waals surface area contributed by atoms with E-state index < -0.39 is 41.1 Å². The fourth-order valence-electron chi connectivity index (χ4n) is 7.96. The van der Waals surface area contributed by atoms with Crippen LogP contribution in [0.3, 0.4) is 0 Å². The minimum absolute atomic E-state index is 0.00337. The molecule has 51 heavy (non-hydrogen) atoms. The predicted octanol–water partition coefficient (Wildman–Crippen LogP) is 6.12. The van der Waals surface area contributed by atoms with Crippen molar-refractivity contribution in [3.63, 3.8) is 0 Å². The molecule has 0 unspecified atom stereocenters. The zero-order valence-corrected chi connectivity index (χ0v) is 30.3. The van der Waals surface area contributed by atoms with Gasteiger partial charge in [0.2, 0.25) is 11.8 Å². The molecule has 4 aliphatic rings. The molecule has 3 fully saturated rings. The summed E-state index contributed by atoms with van der Waals surface area (Å²) in [7, 11) is 0. The van der Waals surface area contributed by atoms with E-state index in [0.29, 0.717) is 37.9 Å². The molecule has 3 aliphatic heterocycles. The molecule has 3 heterocycles. The van der Waals surface area contributed by atoms with Crippen LogP contribution in [0.5, 0.6) is 0 Å². The Kier molecular flexibility index (Phi) is 9.79. The number of likely N-dealkylation sites (tertiary alicyclic amines) is 2. The van der Waals surface area contributed by atoms with Crippen LogP contribution in [0.25, 0.3) is 11.1 Å². The maximum Gasteiger partial charge on any atom is 0.411 e. The van der Waals surface area contributed by atoms with Crippen molar-refractivity contribution in [2.24, 2.45) is 5.92 Å². The molecule has 0 spiro atoms. The number of amides is 4. The van der Waals surface area contributed by atoms with Gasteiger partial charge in [-0.1, -0.05) is 18.2 Å². The van der Waals surface area contributed by atoms with Gasteiger partial charge in [-0.05, 0) is 120 Å². The fraction of sp³-hybridized carbons (Fsp3) is 0.564. The van der Waals surface area contributed by atoms with Gasteiger partial charge < -0.3 is 24.6 Å². The first-order chi connectivity index (χ1) is 24.0. The van der Waals surface area contributed by atoms with E-state index in [1.165, 1.54) is 11.0 Å². The van der Waals surface area contributed by atoms with Crippen LogP contribution < -0.4 is 10.2 Å².